The van der Waals surface area contributed by atoms with Gasteiger partial charge in [0.15, 0.2) is 11.5 Å². The van der Waals surface area contributed by atoms with Crippen molar-refractivity contribution in [2.24, 2.45) is 0 Å². The van der Waals surface area contributed by atoms with Gasteiger partial charge in [-0.2, -0.15) is 0 Å². The fourth-order valence-corrected chi connectivity index (χ4v) is 2.22. The third kappa shape index (κ3) is 3.53. The lowest BCUT2D eigenvalue weighted by atomic mass is 10.2. The van der Waals surface area contributed by atoms with E-state index in [-0.39, 0.29) is 0 Å². The second kappa shape index (κ2) is 7.49. The zero-order chi connectivity index (χ0) is 16.8. The molecule has 6 nitrogen and oxygen atoms in total. The zero-order valence-electron chi connectivity index (χ0n) is 13.9. The smallest absolute Gasteiger partial charge is 0.203 e. The molecule has 0 aliphatic rings. The second-order valence-corrected chi connectivity index (χ2v) is 4.61. The van der Waals surface area contributed by atoms with E-state index in [0.717, 1.165) is 17.1 Å². The summed E-state index contributed by atoms with van der Waals surface area (Å²) in [5.74, 6) is 3.09. The summed E-state index contributed by atoms with van der Waals surface area (Å²) in [6.07, 6.45) is 0. The van der Waals surface area contributed by atoms with Crippen molar-refractivity contribution in [3.8, 4) is 28.7 Å². The molecule has 0 saturated carbocycles. The Balaban J connectivity index is 2.44. The molecule has 1 N–H and O–H groups in total. The van der Waals surface area contributed by atoms with Crippen molar-refractivity contribution in [1.29, 1.82) is 0 Å². The molecule has 124 valence electrons. The summed E-state index contributed by atoms with van der Waals surface area (Å²) in [5.41, 5.74) is 1.53. The van der Waals surface area contributed by atoms with Gasteiger partial charge in [0, 0.05) is 23.9 Å². The summed E-state index contributed by atoms with van der Waals surface area (Å²) < 4.78 is 26.7. The molecule has 0 unspecified atom stereocenters. The first kappa shape index (κ1) is 16.6. The molecule has 0 radical (unpaired) electrons. The lowest BCUT2D eigenvalue weighted by Crippen LogP contribution is -1.99. The molecule has 2 aromatic carbocycles. The molecular formula is C17H21NO5. The Morgan fingerprint density at radius 3 is 1.74 bits per heavy atom. The molecule has 2 rings (SSSR count). The van der Waals surface area contributed by atoms with Gasteiger partial charge in [-0.1, -0.05) is 0 Å². The molecular weight excluding hydrogens is 298 g/mol. The van der Waals surface area contributed by atoms with Crippen LogP contribution in [0.4, 0.5) is 11.4 Å². The molecule has 2 aromatic rings. The standard InChI is InChI=1S/C17H21NO5/c1-19-12-6-7-14(20-2)13(10-12)18-11-8-15(21-3)17(23-5)16(9-11)22-4/h6-10,18H,1-5H3. The lowest BCUT2D eigenvalue weighted by molar-refractivity contribution is 0.324. The minimum absolute atomic E-state index is 0.540. The van der Waals surface area contributed by atoms with Gasteiger partial charge in [0.25, 0.3) is 0 Å². The maximum absolute atomic E-state index is 5.37. The molecule has 0 spiro atoms. The van der Waals surface area contributed by atoms with Gasteiger partial charge in [-0.3, -0.25) is 0 Å². The monoisotopic (exact) mass is 319 g/mol. The Morgan fingerprint density at radius 1 is 0.652 bits per heavy atom. The molecule has 0 aliphatic carbocycles. The van der Waals surface area contributed by atoms with Crippen LogP contribution in [0.15, 0.2) is 30.3 Å². The van der Waals surface area contributed by atoms with E-state index in [1.54, 1.807) is 35.5 Å². The summed E-state index contributed by atoms with van der Waals surface area (Å²) in [7, 11) is 7.95. The van der Waals surface area contributed by atoms with E-state index in [4.69, 9.17) is 23.7 Å². The van der Waals surface area contributed by atoms with Crippen LogP contribution in [0, 0.1) is 0 Å². The van der Waals surface area contributed by atoms with Crippen LogP contribution in [0.3, 0.4) is 0 Å². The second-order valence-electron chi connectivity index (χ2n) is 4.61. The molecule has 0 aliphatic heterocycles. The van der Waals surface area contributed by atoms with E-state index in [1.807, 2.05) is 30.3 Å². The highest BCUT2D eigenvalue weighted by Crippen LogP contribution is 2.41. The van der Waals surface area contributed by atoms with Gasteiger partial charge in [-0.15, -0.1) is 0 Å². The maximum Gasteiger partial charge on any atom is 0.203 e. The van der Waals surface area contributed by atoms with Crippen LogP contribution < -0.4 is 29.0 Å². The number of ether oxygens (including phenoxy) is 5. The fraction of sp³-hybridized carbons (Fsp3) is 0.294. The molecule has 0 aromatic heterocycles. The van der Waals surface area contributed by atoms with Crippen molar-refractivity contribution < 1.29 is 23.7 Å². The molecule has 0 fully saturated rings. The average molecular weight is 319 g/mol. The molecule has 0 amide bonds. The summed E-state index contributed by atoms with van der Waals surface area (Å²) >= 11 is 0. The summed E-state index contributed by atoms with van der Waals surface area (Å²) in [6.45, 7) is 0. The van der Waals surface area contributed by atoms with Crippen molar-refractivity contribution >= 4 is 11.4 Å². The number of nitrogens with one attached hydrogen (secondary N) is 1. The Hall–Kier alpha value is -2.76. The lowest BCUT2D eigenvalue weighted by Gasteiger charge is -2.16. The van der Waals surface area contributed by atoms with Crippen LogP contribution in [0.5, 0.6) is 28.7 Å². The van der Waals surface area contributed by atoms with Gasteiger partial charge in [-0.25, -0.2) is 0 Å². The fourth-order valence-electron chi connectivity index (χ4n) is 2.22. The van der Waals surface area contributed by atoms with E-state index in [9.17, 15) is 0 Å². The summed E-state index contributed by atoms with van der Waals surface area (Å²) in [6, 6.07) is 9.15. The molecule has 0 atom stereocenters. The predicted molar refractivity (Wildman–Crippen MR) is 88.9 cm³/mol. The summed E-state index contributed by atoms with van der Waals surface area (Å²) in [5, 5.41) is 3.28. The van der Waals surface area contributed by atoms with Gasteiger partial charge in [0.2, 0.25) is 5.75 Å². The molecule has 23 heavy (non-hydrogen) atoms. The van der Waals surface area contributed by atoms with Crippen LogP contribution in [0.1, 0.15) is 0 Å². The molecule has 0 bridgehead atoms. The number of hydrogen-bond donors (Lipinski definition) is 1. The van der Waals surface area contributed by atoms with Gasteiger partial charge >= 0.3 is 0 Å². The van der Waals surface area contributed by atoms with Gasteiger partial charge in [-0.05, 0) is 12.1 Å². The van der Waals surface area contributed by atoms with Crippen molar-refractivity contribution in [3.63, 3.8) is 0 Å². The quantitative estimate of drug-likeness (QED) is 0.843. The van der Waals surface area contributed by atoms with Crippen molar-refractivity contribution in [2.45, 2.75) is 0 Å². The van der Waals surface area contributed by atoms with Gasteiger partial charge < -0.3 is 29.0 Å². The molecule has 0 saturated heterocycles. The average Bonchev–Trinajstić information content (AvgIpc) is 2.60. The minimum Gasteiger partial charge on any atom is -0.497 e. The first-order valence-electron chi connectivity index (χ1n) is 6.95. The van der Waals surface area contributed by atoms with Crippen molar-refractivity contribution in [2.75, 3.05) is 40.9 Å². The van der Waals surface area contributed by atoms with Crippen LogP contribution >= 0.6 is 0 Å². The predicted octanol–water partition coefficient (Wildman–Crippen LogP) is 3.47. The number of methoxy groups -OCH3 is 5. The number of hydrogen-bond acceptors (Lipinski definition) is 6. The minimum atomic E-state index is 0.540. The van der Waals surface area contributed by atoms with E-state index >= 15 is 0 Å². The largest absolute Gasteiger partial charge is 0.497 e. The summed E-state index contributed by atoms with van der Waals surface area (Å²) in [4.78, 5) is 0. The van der Waals surface area contributed by atoms with Crippen LogP contribution in [0.25, 0.3) is 0 Å². The Morgan fingerprint density at radius 2 is 1.26 bits per heavy atom. The zero-order valence-corrected chi connectivity index (χ0v) is 13.9. The molecule has 0 heterocycles. The SMILES string of the molecule is COc1ccc(OC)c(Nc2cc(OC)c(OC)c(OC)c2)c1. The van der Waals surface area contributed by atoms with Crippen molar-refractivity contribution in [3.05, 3.63) is 30.3 Å². The van der Waals surface area contributed by atoms with E-state index in [0.29, 0.717) is 23.0 Å². The van der Waals surface area contributed by atoms with E-state index in [1.165, 1.54) is 0 Å². The third-order valence-electron chi connectivity index (χ3n) is 3.35. The number of anilines is 2. The number of benzene rings is 2. The first-order chi connectivity index (χ1) is 11.2. The third-order valence-corrected chi connectivity index (χ3v) is 3.35. The van der Waals surface area contributed by atoms with Crippen LogP contribution in [-0.2, 0) is 0 Å². The van der Waals surface area contributed by atoms with Crippen LogP contribution in [0.2, 0.25) is 0 Å². The Labute approximate surface area is 135 Å². The Kier molecular flexibility index (Phi) is 5.41. The van der Waals surface area contributed by atoms with E-state index < -0.39 is 0 Å². The highest BCUT2D eigenvalue weighted by molar-refractivity contribution is 5.72. The highest BCUT2D eigenvalue weighted by atomic mass is 16.5. The van der Waals surface area contributed by atoms with E-state index in [2.05, 4.69) is 5.32 Å². The normalized spacial score (nSPS) is 9.96. The van der Waals surface area contributed by atoms with Crippen molar-refractivity contribution in [1.82, 2.24) is 0 Å². The number of rotatable bonds is 7. The van der Waals surface area contributed by atoms with Crippen LogP contribution in [-0.4, -0.2) is 35.5 Å². The topological polar surface area (TPSA) is 58.2 Å². The maximum atomic E-state index is 5.37. The molecule has 6 heteroatoms. The van der Waals surface area contributed by atoms with Gasteiger partial charge in [0.1, 0.15) is 11.5 Å². The Bertz CT molecular complexity index is 647. The first-order valence-corrected chi connectivity index (χ1v) is 6.95. The van der Waals surface area contributed by atoms with Gasteiger partial charge in [0.05, 0.1) is 41.2 Å². The highest BCUT2D eigenvalue weighted by Gasteiger charge is 2.14.